The number of anilines is 2. The molecule has 0 heterocycles. The highest BCUT2D eigenvalue weighted by atomic mass is 32.2. The molecular formula is C17H20N2O3S. The van der Waals surface area contributed by atoms with E-state index in [1.54, 1.807) is 12.3 Å². The average molecular weight is 332 g/mol. The van der Waals surface area contributed by atoms with Gasteiger partial charge in [-0.1, -0.05) is 18.2 Å². The Kier molecular flexibility index (Phi) is 5.76. The monoisotopic (exact) mass is 332 g/mol. The lowest BCUT2D eigenvalue weighted by Gasteiger charge is -2.17. The summed E-state index contributed by atoms with van der Waals surface area (Å²) in [5, 5.41) is 6.00. The molecule has 2 aromatic carbocycles. The Labute approximate surface area is 138 Å². The number of carbonyl (C=O) groups excluding carboxylic acids is 1. The maximum Gasteiger partial charge on any atom is 0.411 e. The Morgan fingerprint density at radius 3 is 2.39 bits per heavy atom. The van der Waals surface area contributed by atoms with Crippen molar-refractivity contribution < 1.29 is 13.7 Å². The molecule has 2 aromatic rings. The number of methoxy groups -OCH3 is 1. The number of hydrogen-bond acceptors (Lipinski definition) is 4. The van der Waals surface area contributed by atoms with Crippen LogP contribution in [0.1, 0.15) is 18.5 Å². The van der Waals surface area contributed by atoms with Gasteiger partial charge in [0.25, 0.3) is 0 Å². The molecule has 23 heavy (non-hydrogen) atoms. The number of benzene rings is 2. The van der Waals surface area contributed by atoms with E-state index in [2.05, 4.69) is 15.4 Å². The van der Waals surface area contributed by atoms with Crippen molar-refractivity contribution in [2.75, 3.05) is 24.0 Å². The molecule has 0 bridgehead atoms. The van der Waals surface area contributed by atoms with Crippen molar-refractivity contribution >= 4 is 28.3 Å². The minimum Gasteiger partial charge on any atom is -0.453 e. The van der Waals surface area contributed by atoms with E-state index < -0.39 is 16.9 Å². The van der Waals surface area contributed by atoms with Crippen LogP contribution in [0, 0.1) is 0 Å². The fourth-order valence-corrected chi connectivity index (χ4v) is 2.66. The van der Waals surface area contributed by atoms with Gasteiger partial charge in [0.1, 0.15) is 0 Å². The smallest absolute Gasteiger partial charge is 0.411 e. The second-order valence-electron chi connectivity index (χ2n) is 5.09. The van der Waals surface area contributed by atoms with E-state index in [1.165, 1.54) is 7.11 Å². The quantitative estimate of drug-likeness (QED) is 0.874. The molecule has 0 saturated heterocycles. The van der Waals surface area contributed by atoms with Gasteiger partial charge < -0.3 is 10.1 Å². The fourth-order valence-electron chi connectivity index (χ4n) is 2.14. The van der Waals surface area contributed by atoms with Crippen LogP contribution in [-0.4, -0.2) is 23.7 Å². The maximum atomic E-state index is 11.4. The molecule has 5 nitrogen and oxygen atoms in total. The Bertz CT molecular complexity index is 701. The molecular weight excluding hydrogens is 312 g/mol. The number of nitrogens with one attached hydrogen (secondary N) is 2. The summed E-state index contributed by atoms with van der Waals surface area (Å²) in [5.41, 5.74) is 2.63. The zero-order valence-corrected chi connectivity index (χ0v) is 14.1. The summed E-state index contributed by atoms with van der Waals surface area (Å²) in [5.74, 6) is 0. The van der Waals surface area contributed by atoms with Gasteiger partial charge in [0.05, 0.1) is 7.11 Å². The number of amides is 1. The highest BCUT2D eigenvalue weighted by Gasteiger charge is 2.07. The Balaban J connectivity index is 2.07. The van der Waals surface area contributed by atoms with Crippen LogP contribution in [-0.2, 0) is 15.5 Å². The van der Waals surface area contributed by atoms with Gasteiger partial charge in [0, 0.05) is 39.4 Å². The van der Waals surface area contributed by atoms with E-state index in [0.717, 1.165) is 16.1 Å². The van der Waals surface area contributed by atoms with Gasteiger partial charge in [0.15, 0.2) is 0 Å². The average Bonchev–Trinajstić information content (AvgIpc) is 2.55. The summed E-state index contributed by atoms with van der Waals surface area (Å²) in [7, 11) is 0.355. The van der Waals surface area contributed by atoms with Crippen molar-refractivity contribution in [3.63, 3.8) is 0 Å². The Morgan fingerprint density at radius 1 is 1.13 bits per heavy atom. The molecule has 2 atom stereocenters. The van der Waals surface area contributed by atoms with Crippen molar-refractivity contribution in [3.8, 4) is 0 Å². The van der Waals surface area contributed by atoms with Gasteiger partial charge in [-0.25, -0.2) is 4.79 Å². The molecule has 122 valence electrons. The SMILES string of the molecule is COC(=O)Nc1cccc(N[C@@H](C)c2ccc([S@@](C)=O)cc2)c1. The van der Waals surface area contributed by atoms with Gasteiger partial charge in [-0.2, -0.15) is 0 Å². The zero-order valence-electron chi connectivity index (χ0n) is 13.3. The topological polar surface area (TPSA) is 67.4 Å². The number of carbonyl (C=O) groups is 1. The molecule has 2 rings (SSSR count). The number of hydrogen-bond donors (Lipinski definition) is 2. The summed E-state index contributed by atoms with van der Waals surface area (Å²) in [4.78, 5) is 12.1. The molecule has 0 aliphatic rings. The first-order valence-electron chi connectivity index (χ1n) is 7.14. The third kappa shape index (κ3) is 4.82. The van der Waals surface area contributed by atoms with Crippen LogP contribution < -0.4 is 10.6 Å². The van der Waals surface area contributed by atoms with Gasteiger partial charge in [-0.15, -0.1) is 0 Å². The normalized spacial score (nSPS) is 13.0. The van der Waals surface area contributed by atoms with E-state index in [1.807, 2.05) is 49.4 Å². The van der Waals surface area contributed by atoms with Crippen molar-refractivity contribution in [1.29, 1.82) is 0 Å². The molecule has 0 aliphatic heterocycles. The van der Waals surface area contributed by atoms with E-state index in [9.17, 15) is 9.00 Å². The molecule has 0 spiro atoms. The predicted molar refractivity (Wildman–Crippen MR) is 93.3 cm³/mol. The summed E-state index contributed by atoms with van der Waals surface area (Å²) in [6.45, 7) is 2.04. The highest BCUT2D eigenvalue weighted by molar-refractivity contribution is 7.84. The van der Waals surface area contributed by atoms with Gasteiger partial charge in [-0.05, 0) is 42.8 Å². The number of ether oxygens (including phenoxy) is 1. The zero-order chi connectivity index (χ0) is 16.8. The lowest BCUT2D eigenvalue weighted by Crippen LogP contribution is -2.11. The van der Waals surface area contributed by atoms with Crippen LogP contribution >= 0.6 is 0 Å². The van der Waals surface area contributed by atoms with Crippen LogP contribution in [0.4, 0.5) is 16.2 Å². The van der Waals surface area contributed by atoms with Crippen molar-refractivity contribution in [3.05, 3.63) is 54.1 Å². The first-order valence-corrected chi connectivity index (χ1v) is 8.70. The molecule has 0 unspecified atom stereocenters. The number of rotatable bonds is 5. The largest absolute Gasteiger partial charge is 0.453 e. The summed E-state index contributed by atoms with van der Waals surface area (Å²) in [6.07, 6.45) is 1.16. The summed E-state index contributed by atoms with van der Waals surface area (Å²) < 4.78 is 16.0. The van der Waals surface area contributed by atoms with E-state index >= 15 is 0 Å². The predicted octanol–water partition coefficient (Wildman–Crippen LogP) is 3.78. The molecule has 0 fully saturated rings. The molecule has 0 aliphatic carbocycles. The molecule has 6 heteroatoms. The Morgan fingerprint density at radius 2 is 1.78 bits per heavy atom. The van der Waals surface area contributed by atoms with Crippen molar-refractivity contribution in [2.24, 2.45) is 0 Å². The second-order valence-corrected chi connectivity index (χ2v) is 6.47. The van der Waals surface area contributed by atoms with E-state index in [0.29, 0.717) is 5.69 Å². The third-order valence-corrected chi connectivity index (χ3v) is 4.33. The minimum atomic E-state index is -0.971. The lowest BCUT2D eigenvalue weighted by atomic mass is 10.1. The standard InChI is InChI=1S/C17H20N2O3S/c1-12(13-7-9-16(10-8-13)23(3)21)18-14-5-4-6-15(11-14)19-17(20)22-2/h4-12,18H,1-3H3,(H,19,20)/t12-,23+/m0/s1. The van der Waals surface area contributed by atoms with Crippen molar-refractivity contribution in [2.45, 2.75) is 17.9 Å². The van der Waals surface area contributed by atoms with Crippen LogP contribution in [0.2, 0.25) is 0 Å². The van der Waals surface area contributed by atoms with Crippen LogP contribution in [0.5, 0.6) is 0 Å². The molecule has 2 N–H and O–H groups in total. The molecule has 0 saturated carbocycles. The minimum absolute atomic E-state index is 0.0720. The first-order chi connectivity index (χ1) is 11.0. The van der Waals surface area contributed by atoms with Crippen molar-refractivity contribution in [1.82, 2.24) is 0 Å². The molecule has 0 radical (unpaired) electrons. The molecule has 1 amide bonds. The van der Waals surface area contributed by atoms with E-state index in [4.69, 9.17) is 0 Å². The Hall–Kier alpha value is -2.34. The van der Waals surface area contributed by atoms with Crippen LogP contribution in [0.15, 0.2) is 53.4 Å². The summed E-state index contributed by atoms with van der Waals surface area (Å²) in [6, 6.07) is 15.1. The fraction of sp³-hybridized carbons (Fsp3) is 0.235. The summed E-state index contributed by atoms with van der Waals surface area (Å²) >= 11 is 0. The third-order valence-electron chi connectivity index (χ3n) is 3.39. The van der Waals surface area contributed by atoms with E-state index in [-0.39, 0.29) is 6.04 Å². The van der Waals surface area contributed by atoms with Crippen LogP contribution in [0.25, 0.3) is 0 Å². The molecule has 0 aromatic heterocycles. The lowest BCUT2D eigenvalue weighted by molar-refractivity contribution is 0.187. The van der Waals surface area contributed by atoms with Crippen LogP contribution in [0.3, 0.4) is 0 Å². The van der Waals surface area contributed by atoms with Gasteiger partial charge >= 0.3 is 6.09 Å². The van der Waals surface area contributed by atoms with Gasteiger partial charge in [0.2, 0.25) is 0 Å². The first kappa shape index (κ1) is 17.0. The second kappa shape index (κ2) is 7.78. The maximum absolute atomic E-state index is 11.4. The van der Waals surface area contributed by atoms with Gasteiger partial charge in [-0.3, -0.25) is 9.53 Å². The highest BCUT2D eigenvalue weighted by Crippen LogP contribution is 2.22.